The molecule has 1 aromatic heterocycles. The largest absolute Gasteiger partial charge is 0.352 e. The van der Waals surface area contributed by atoms with Crippen LogP contribution in [0.2, 0.25) is 5.02 Å². The number of carbonyl (C=O) groups is 2. The molecule has 1 aromatic carbocycles. The van der Waals surface area contributed by atoms with Crippen LogP contribution in [0.1, 0.15) is 28.1 Å². The van der Waals surface area contributed by atoms with Gasteiger partial charge in [-0.2, -0.15) is 0 Å². The van der Waals surface area contributed by atoms with E-state index in [4.69, 9.17) is 11.6 Å². The van der Waals surface area contributed by atoms with Crippen molar-refractivity contribution in [2.45, 2.75) is 19.4 Å². The Bertz CT molecular complexity index is 710. The average Bonchev–Trinajstić information content (AvgIpc) is 3.14. The smallest absolute Gasteiger partial charge is 0.263 e. The van der Waals surface area contributed by atoms with Crippen LogP contribution in [-0.4, -0.2) is 29.8 Å². The summed E-state index contributed by atoms with van der Waals surface area (Å²) in [6.45, 7) is 1.74. The van der Waals surface area contributed by atoms with E-state index in [-0.39, 0.29) is 17.7 Å². The minimum absolute atomic E-state index is 0.0310. The van der Waals surface area contributed by atoms with Gasteiger partial charge >= 0.3 is 0 Å². The van der Waals surface area contributed by atoms with Crippen LogP contribution in [0.3, 0.4) is 0 Å². The van der Waals surface area contributed by atoms with Gasteiger partial charge in [0.2, 0.25) is 5.91 Å². The highest BCUT2D eigenvalue weighted by molar-refractivity contribution is 7.12. The highest BCUT2D eigenvalue weighted by Gasteiger charge is 2.27. The van der Waals surface area contributed by atoms with Crippen LogP contribution in [0.4, 0.5) is 0 Å². The van der Waals surface area contributed by atoms with Crippen molar-refractivity contribution in [2.75, 3.05) is 13.1 Å². The molecule has 6 heteroatoms. The number of halogens is 1. The Balaban J connectivity index is 1.47. The van der Waals surface area contributed by atoms with E-state index in [1.54, 1.807) is 0 Å². The maximum Gasteiger partial charge on any atom is 0.263 e. The zero-order valence-corrected chi connectivity index (χ0v) is 14.8. The van der Waals surface area contributed by atoms with E-state index in [0.717, 1.165) is 10.4 Å². The van der Waals surface area contributed by atoms with Crippen LogP contribution in [0.25, 0.3) is 0 Å². The molecule has 0 unspecified atom stereocenters. The molecule has 1 fully saturated rings. The molecular formula is C18H19ClN2O2S. The third kappa shape index (κ3) is 4.16. The number of benzene rings is 1. The maximum absolute atomic E-state index is 12.3. The lowest BCUT2D eigenvalue weighted by Gasteiger charge is -2.31. The summed E-state index contributed by atoms with van der Waals surface area (Å²) in [5, 5.41) is 5.54. The van der Waals surface area contributed by atoms with E-state index in [2.05, 4.69) is 5.32 Å². The minimum Gasteiger partial charge on any atom is -0.352 e. The lowest BCUT2D eigenvalue weighted by Crippen LogP contribution is -2.42. The van der Waals surface area contributed by atoms with Gasteiger partial charge < -0.3 is 10.2 Å². The summed E-state index contributed by atoms with van der Waals surface area (Å²) < 4.78 is 0. The number of likely N-dealkylation sites (tertiary alicyclic amines) is 1. The third-order valence-corrected chi connectivity index (χ3v) is 5.33. The van der Waals surface area contributed by atoms with Gasteiger partial charge in [-0.1, -0.05) is 29.8 Å². The summed E-state index contributed by atoms with van der Waals surface area (Å²) in [5.74, 6) is 0.0950. The first-order valence-electron chi connectivity index (χ1n) is 7.98. The molecule has 0 saturated carbocycles. The summed E-state index contributed by atoms with van der Waals surface area (Å²) in [5.41, 5.74) is 0.987. The first kappa shape index (κ1) is 17.0. The first-order chi connectivity index (χ1) is 11.6. The van der Waals surface area contributed by atoms with Gasteiger partial charge in [-0.05, 0) is 42.0 Å². The minimum atomic E-state index is -0.0310. The molecule has 0 radical (unpaired) electrons. The van der Waals surface area contributed by atoms with Crippen molar-refractivity contribution >= 4 is 34.8 Å². The molecule has 0 spiro atoms. The predicted molar refractivity (Wildman–Crippen MR) is 96.2 cm³/mol. The molecule has 2 heterocycles. The van der Waals surface area contributed by atoms with Crippen molar-refractivity contribution in [3.63, 3.8) is 0 Å². The van der Waals surface area contributed by atoms with E-state index in [1.165, 1.54) is 11.3 Å². The van der Waals surface area contributed by atoms with Crippen molar-refractivity contribution < 1.29 is 9.59 Å². The van der Waals surface area contributed by atoms with Crippen molar-refractivity contribution in [2.24, 2.45) is 5.92 Å². The quantitative estimate of drug-likeness (QED) is 0.903. The molecule has 1 N–H and O–H groups in total. The Morgan fingerprint density at radius 3 is 2.67 bits per heavy atom. The molecule has 2 amide bonds. The van der Waals surface area contributed by atoms with Gasteiger partial charge in [0, 0.05) is 30.6 Å². The van der Waals surface area contributed by atoms with E-state index in [9.17, 15) is 9.59 Å². The molecule has 2 aromatic rings. The van der Waals surface area contributed by atoms with E-state index in [0.29, 0.717) is 37.5 Å². The number of amides is 2. The number of nitrogens with zero attached hydrogens (tertiary/aromatic N) is 1. The fourth-order valence-electron chi connectivity index (χ4n) is 2.88. The molecule has 1 saturated heterocycles. The highest BCUT2D eigenvalue weighted by Crippen LogP contribution is 2.21. The second-order valence-electron chi connectivity index (χ2n) is 5.89. The van der Waals surface area contributed by atoms with Crippen LogP contribution in [-0.2, 0) is 11.3 Å². The Hall–Kier alpha value is -1.85. The molecule has 0 bridgehead atoms. The third-order valence-electron chi connectivity index (χ3n) is 4.24. The Kier molecular flexibility index (Phi) is 5.53. The molecular weight excluding hydrogens is 344 g/mol. The number of carbonyl (C=O) groups excluding carboxylic acids is 2. The Labute approximate surface area is 150 Å². The topological polar surface area (TPSA) is 49.4 Å². The Morgan fingerprint density at radius 2 is 2.00 bits per heavy atom. The lowest BCUT2D eigenvalue weighted by atomic mass is 9.95. The van der Waals surface area contributed by atoms with Gasteiger partial charge in [0.05, 0.1) is 4.88 Å². The summed E-state index contributed by atoms with van der Waals surface area (Å²) >= 11 is 7.40. The van der Waals surface area contributed by atoms with Crippen LogP contribution in [0.15, 0.2) is 41.8 Å². The number of piperidine rings is 1. The summed E-state index contributed by atoms with van der Waals surface area (Å²) in [4.78, 5) is 27.2. The number of hydrogen-bond donors (Lipinski definition) is 1. The first-order valence-corrected chi connectivity index (χ1v) is 9.24. The fourth-order valence-corrected chi connectivity index (χ4v) is 3.78. The van der Waals surface area contributed by atoms with Gasteiger partial charge in [-0.3, -0.25) is 9.59 Å². The molecule has 0 aliphatic carbocycles. The summed E-state index contributed by atoms with van der Waals surface area (Å²) in [6.07, 6.45) is 1.41. The van der Waals surface area contributed by atoms with Crippen LogP contribution in [0, 0.1) is 5.92 Å². The number of thiophene rings is 1. The van der Waals surface area contributed by atoms with Crippen molar-refractivity contribution in [3.8, 4) is 0 Å². The zero-order chi connectivity index (χ0) is 16.9. The van der Waals surface area contributed by atoms with E-state index >= 15 is 0 Å². The molecule has 0 atom stereocenters. The maximum atomic E-state index is 12.3. The van der Waals surface area contributed by atoms with E-state index < -0.39 is 0 Å². The standard InChI is InChI=1S/C18H19ClN2O2S/c19-15-4-1-3-13(11-15)12-20-17(22)14-6-8-21(9-7-14)18(23)16-5-2-10-24-16/h1-5,10-11,14H,6-9,12H2,(H,20,22). The normalized spacial score (nSPS) is 15.3. The average molecular weight is 363 g/mol. The number of nitrogens with one attached hydrogen (secondary N) is 1. The SMILES string of the molecule is O=C(NCc1cccc(Cl)c1)C1CCN(C(=O)c2cccs2)CC1. The monoisotopic (exact) mass is 362 g/mol. The van der Waals surface area contributed by atoms with Gasteiger partial charge in [-0.15, -0.1) is 11.3 Å². The second-order valence-corrected chi connectivity index (χ2v) is 7.28. The molecule has 1 aliphatic rings. The second kappa shape index (κ2) is 7.81. The molecule has 1 aliphatic heterocycles. The molecule has 3 rings (SSSR count). The lowest BCUT2D eigenvalue weighted by molar-refractivity contribution is -0.126. The Morgan fingerprint density at radius 1 is 1.21 bits per heavy atom. The van der Waals surface area contributed by atoms with Crippen molar-refractivity contribution in [1.82, 2.24) is 10.2 Å². The molecule has 24 heavy (non-hydrogen) atoms. The van der Waals surface area contributed by atoms with Crippen LogP contribution in [0.5, 0.6) is 0 Å². The fraction of sp³-hybridized carbons (Fsp3) is 0.333. The number of rotatable bonds is 4. The van der Waals surface area contributed by atoms with Crippen molar-refractivity contribution in [3.05, 3.63) is 57.2 Å². The molecule has 126 valence electrons. The van der Waals surface area contributed by atoms with Crippen LogP contribution < -0.4 is 5.32 Å². The van der Waals surface area contributed by atoms with Gasteiger partial charge in [0.1, 0.15) is 0 Å². The van der Waals surface area contributed by atoms with Gasteiger partial charge in [0.25, 0.3) is 5.91 Å². The highest BCUT2D eigenvalue weighted by atomic mass is 35.5. The predicted octanol–water partition coefficient (Wildman–Crippen LogP) is 3.57. The summed E-state index contributed by atoms with van der Waals surface area (Å²) in [6, 6.07) is 11.2. The van der Waals surface area contributed by atoms with Gasteiger partial charge in [0.15, 0.2) is 0 Å². The van der Waals surface area contributed by atoms with Crippen molar-refractivity contribution in [1.29, 1.82) is 0 Å². The summed E-state index contributed by atoms with van der Waals surface area (Å²) in [7, 11) is 0. The molecule has 4 nitrogen and oxygen atoms in total. The van der Waals surface area contributed by atoms with Crippen LogP contribution >= 0.6 is 22.9 Å². The zero-order valence-electron chi connectivity index (χ0n) is 13.2. The number of hydrogen-bond acceptors (Lipinski definition) is 3. The van der Waals surface area contributed by atoms with E-state index in [1.807, 2.05) is 46.7 Å². The van der Waals surface area contributed by atoms with Gasteiger partial charge in [-0.25, -0.2) is 0 Å².